The highest BCUT2D eigenvalue weighted by molar-refractivity contribution is 5.80. The lowest BCUT2D eigenvalue weighted by Crippen LogP contribution is -2.48. The van der Waals surface area contributed by atoms with E-state index in [9.17, 15) is 13.6 Å². The molecule has 1 aliphatic rings. The molecule has 1 rings (SSSR count). The summed E-state index contributed by atoms with van der Waals surface area (Å²) in [4.78, 5) is 10.5. The van der Waals surface area contributed by atoms with Gasteiger partial charge in [-0.05, 0) is 0 Å². The van der Waals surface area contributed by atoms with Crippen LogP contribution in [-0.4, -0.2) is 24.9 Å². The third-order valence-electron chi connectivity index (χ3n) is 1.64. The maximum absolute atomic E-state index is 12.8. The van der Waals surface area contributed by atoms with Crippen LogP contribution in [0.1, 0.15) is 12.8 Å². The van der Waals surface area contributed by atoms with E-state index in [1.54, 1.807) is 0 Å². The number of carbonyl (C=O) groups excluding carboxylic acids is 1. The second kappa shape index (κ2) is 2.18. The molecule has 1 aliphatic carbocycles. The Labute approximate surface area is 57.2 Å². The Morgan fingerprint density at radius 1 is 1.70 bits per heavy atom. The molecule has 0 N–H and O–H groups in total. The molecule has 0 saturated heterocycles. The summed E-state index contributed by atoms with van der Waals surface area (Å²) in [5.74, 6) is -0.957. The monoisotopic (exact) mass is 150 g/mol. The van der Waals surface area contributed by atoms with E-state index in [4.69, 9.17) is 0 Å². The average molecular weight is 150 g/mol. The molecule has 0 aromatic carbocycles. The summed E-state index contributed by atoms with van der Waals surface area (Å²) in [6.45, 7) is 0. The van der Waals surface area contributed by atoms with E-state index >= 15 is 0 Å². The van der Waals surface area contributed by atoms with Crippen LogP contribution in [0.2, 0.25) is 0 Å². The van der Waals surface area contributed by atoms with Crippen molar-refractivity contribution in [2.24, 2.45) is 0 Å². The second-order valence-corrected chi connectivity index (χ2v) is 2.46. The smallest absolute Gasteiger partial charge is 0.343 e. The summed E-state index contributed by atoms with van der Waals surface area (Å²) in [7, 11) is 1.09. The fraction of sp³-hybridized carbons (Fsp3) is 0.833. The van der Waals surface area contributed by atoms with Crippen LogP contribution in [-0.2, 0) is 9.53 Å². The Morgan fingerprint density at radius 3 is 2.50 bits per heavy atom. The highest BCUT2D eigenvalue weighted by Gasteiger charge is 2.52. The van der Waals surface area contributed by atoms with Crippen molar-refractivity contribution in [2.75, 3.05) is 7.11 Å². The molecule has 0 bridgehead atoms. The predicted molar refractivity (Wildman–Crippen MR) is 30.0 cm³/mol. The number of hydrogen-bond acceptors (Lipinski definition) is 2. The van der Waals surface area contributed by atoms with Gasteiger partial charge >= 0.3 is 5.97 Å². The normalized spacial score (nSPS) is 38.5. The van der Waals surface area contributed by atoms with Gasteiger partial charge in [0.1, 0.15) is 6.17 Å². The largest absolute Gasteiger partial charge is 0.467 e. The number of hydrogen-bond donors (Lipinski definition) is 0. The first-order valence-electron chi connectivity index (χ1n) is 3.00. The van der Waals surface area contributed by atoms with Gasteiger partial charge in [-0.3, -0.25) is 0 Å². The highest BCUT2D eigenvalue weighted by atomic mass is 19.2. The van der Waals surface area contributed by atoms with Gasteiger partial charge < -0.3 is 4.74 Å². The fourth-order valence-electron chi connectivity index (χ4n) is 0.992. The number of methoxy groups -OCH3 is 1. The van der Waals surface area contributed by atoms with Crippen molar-refractivity contribution in [3.63, 3.8) is 0 Å². The number of rotatable bonds is 1. The zero-order valence-electron chi connectivity index (χ0n) is 5.56. The number of ether oxygens (including phenoxy) is 1. The van der Waals surface area contributed by atoms with Crippen molar-refractivity contribution in [1.82, 2.24) is 0 Å². The minimum atomic E-state index is -2.03. The van der Waals surface area contributed by atoms with Crippen molar-refractivity contribution in [3.05, 3.63) is 0 Å². The molecule has 0 aromatic rings. The van der Waals surface area contributed by atoms with E-state index in [0.717, 1.165) is 7.11 Å². The van der Waals surface area contributed by atoms with Crippen LogP contribution in [0, 0.1) is 0 Å². The molecule has 1 saturated carbocycles. The van der Waals surface area contributed by atoms with Crippen molar-refractivity contribution in [2.45, 2.75) is 24.7 Å². The SMILES string of the molecule is COC(=O)C1(F)CC(F)C1. The molecular formula is C6H8F2O2. The Balaban J connectivity index is 2.48. The van der Waals surface area contributed by atoms with E-state index in [-0.39, 0.29) is 12.8 Å². The van der Waals surface area contributed by atoms with E-state index in [2.05, 4.69) is 4.74 Å². The summed E-state index contributed by atoms with van der Waals surface area (Å²) in [6, 6.07) is 0. The van der Waals surface area contributed by atoms with Crippen LogP contribution in [0.5, 0.6) is 0 Å². The maximum Gasteiger partial charge on any atom is 0.343 e. The summed E-state index contributed by atoms with van der Waals surface area (Å²) >= 11 is 0. The molecule has 0 aromatic heterocycles. The van der Waals surface area contributed by atoms with Gasteiger partial charge in [-0.15, -0.1) is 0 Å². The van der Waals surface area contributed by atoms with Gasteiger partial charge in [0.2, 0.25) is 5.67 Å². The number of esters is 1. The van der Waals surface area contributed by atoms with Crippen molar-refractivity contribution < 1.29 is 18.3 Å². The summed E-state index contributed by atoms with van der Waals surface area (Å²) in [6.07, 6.45) is -1.87. The minimum absolute atomic E-state index is 0.348. The first-order valence-corrected chi connectivity index (χ1v) is 3.00. The second-order valence-electron chi connectivity index (χ2n) is 2.46. The maximum atomic E-state index is 12.8. The van der Waals surface area contributed by atoms with Gasteiger partial charge in [-0.25, -0.2) is 13.6 Å². The van der Waals surface area contributed by atoms with Gasteiger partial charge in [0, 0.05) is 12.8 Å². The molecule has 0 heterocycles. The zero-order chi connectivity index (χ0) is 7.78. The van der Waals surface area contributed by atoms with Crippen molar-refractivity contribution >= 4 is 5.97 Å². The quantitative estimate of drug-likeness (QED) is 0.521. The van der Waals surface area contributed by atoms with Crippen LogP contribution in [0.15, 0.2) is 0 Å². The minimum Gasteiger partial charge on any atom is -0.467 e. The van der Waals surface area contributed by atoms with Crippen LogP contribution in [0.4, 0.5) is 8.78 Å². The molecule has 58 valence electrons. The lowest BCUT2D eigenvalue weighted by atomic mass is 9.80. The van der Waals surface area contributed by atoms with Crippen molar-refractivity contribution in [3.8, 4) is 0 Å². The van der Waals surface area contributed by atoms with Gasteiger partial charge in [-0.2, -0.15) is 0 Å². The van der Waals surface area contributed by atoms with E-state index in [0.29, 0.717) is 0 Å². The molecule has 2 nitrogen and oxygen atoms in total. The third-order valence-corrected chi connectivity index (χ3v) is 1.64. The lowest BCUT2D eigenvalue weighted by Gasteiger charge is -2.33. The number of halogens is 2. The first-order chi connectivity index (χ1) is 4.58. The first kappa shape index (κ1) is 7.44. The molecule has 0 spiro atoms. The molecule has 10 heavy (non-hydrogen) atoms. The van der Waals surface area contributed by atoms with Gasteiger partial charge in [0.15, 0.2) is 0 Å². The molecule has 0 aliphatic heterocycles. The standard InChI is InChI=1S/C6H8F2O2/c1-10-5(9)6(8)2-4(7)3-6/h4H,2-3H2,1H3. The molecule has 0 radical (unpaired) electrons. The predicted octanol–water partition coefficient (Wildman–Crippen LogP) is 1.000. The lowest BCUT2D eigenvalue weighted by molar-refractivity contribution is -0.165. The number of carbonyl (C=O) groups is 1. The topological polar surface area (TPSA) is 26.3 Å². The van der Waals surface area contributed by atoms with E-state index in [1.807, 2.05) is 0 Å². The zero-order valence-corrected chi connectivity index (χ0v) is 5.56. The van der Waals surface area contributed by atoms with Gasteiger partial charge in [-0.1, -0.05) is 0 Å². The van der Waals surface area contributed by atoms with Crippen LogP contribution < -0.4 is 0 Å². The fourth-order valence-corrected chi connectivity index (χ4v) is 0.992. The average Bonchev–Trinajstić information content (AvgIpc) is 1.83. The van der Waals surface area contributed by atoms with Crippen LogP contribution in [0.25, 0.3) is 0 Å². The third kappa shape index (κ3) is 0.978. The van der Waals surface area contributed by atoms with Crippen LogP contribution in [0.3, 0.4) is 0 Å². The Hall–Kier alpha value is -0.670. The molecule has 4 heteroatoms. The molecule has 0 amide bonds. The van der Waals surface area contributed by atoms with E-state index in [1.165, 1.54) is 0 Å². The van der Waals surface area contributed by atoms with E-state index < -0.39 is 17.8 Å². The highest BCUT2D eigenvalue weighted by Crippen LogP contribution is 2.39. The Morgan fingerprint density at radius 2 is 2.20 bits per heavy atom. The summed E-state index contributed by atoms with van der Waals surface area (Å²) in [5.41, 5.74) is -2.03. The van der Waals surface area contributed by atoms with Gasteiger partial charge in [0.25, 0.3) is 0 Å². The van der Waals surface area contributed by atoms with Gasteiger partial charge in [0.05, 0.1) is 7.11 Å². The molecular weight excluding hydrogens is 142 g/mol. The van der Waals surface area contributed by atoms with Crippen LogP contribution >= 0.6 is 0 Å². The summed E-state index contributed by atoms with van der Waals surface area (Å²) in [5, 5.41) is 0. The molecule has 0 unspecified atom stereocenters. The Bertz CT molecular complexity index is 152. The summed E-state index contributed by atoms with van der Waals surface area (Å²) < 4.78 is 29.0. The molecule has 0 atom stereocenters. The number of alkyl halides is 2. The van der Waals surface area contributed by atoms with Crippen molar-refractivity contribution in [1.29, 1.82) is 0 Å². The Kier molecular flexibility index (Phi) is 1.62. The molecule has 1 fully saturated rings.